The van der Waals surface area contributed by atoms with Crippen molar-refractivity contribution in [1.82, 2.24) is 0 Å². The first-order valence-electron chi connectivity index (χ1n) is 4.57. The molecule has 0 N–H and O–H groups in total. The summed E-state index contributed by atoms with van der Waals surface area (Å²) in [7, 11) is 0. The highest BCUT2D eigenvalue weighted by molar-refractivity contribution is 6.30. The standard InChI is InChI=1S/C12H12ClFO/c1-3-8-12(2,14)11(15)9-4-6-10(13)7-5-9/h3-7H,1,8H2,2H3. The normalized spacial score (nSPS) is 14.3. The van der Waals surface area contributed by atoms with Crippen LogP contribution in [0.4, 0.5) is 4.39 Å². The van der Waals surface area contributed by atoms with Crippen LogP contribution in [0.2, 0.25) is 5.02 Å². The second-order valence-electron chi connectivity index (χ2n) is 3.53. The van der Waals surface area contributed by atoms with E-state index in [1.807, 2.05) is 0 Å². The maximum absolute atomic E-state index is 13.8. The summed E-state index contributed by atoms with van der Waals surface area (Å²) in [5, 5.41) is 0.524. The number of benzene rings is 1. The van der Waals surface area contributed by atoms with E-state index < -0.39 is 11.5 Å². The SMILES string of the molecule is C=CCC(C)(F)C(=O)c1ccc(Cl)cc1. The second-order valence-corrected chi connectivity index (χ2v) is 3.96. The number of rotatable bonds is 4. The Kier molecular flexibility index (Phi) is 3.64. The average Bonchev–Trinajstić information content (AvgIpc) is 2.18. The smallest absolute Gasteiger partial charge is 0.200 e. The highest BCUT2D eigenvalue weighted by Crippen LogP contribution is 2.22. The number of allylic oxidation sites excluding steroid dienone is 1. The lowest BCUT2D eigenvalue weighted by Gasteiger charge is -2.16. The zero-order chi connectivity index (χ0) is 11.5. The molecule has 1 aromatic rings. The molecule has 0 aliphatic carbocycles. The Balaban J connectivity index is 2.94. The third-order valence-corrected chi connectivity index (χ3v) is 2.36. The van der Waals surface area contributed by atoms with E-state index in [4.69, 9.17) is 11.6 Å². The molecule has 1 unspecified atom stereocenters. The summed E-state index contributed by atoms with van der Waals surface area (Å²) in [6, 6.07) is 6.18. The fourth-order valence-electron chi connectivity index (χ4n) is 1.27. The van der Waals surface area contributed by atoms with Gasteiger partial charge in [0.05, 0.1) is 0 Å². The Bertz CT molecular complexity index is 368. The van der Waals surface area contributed by atoms with Crippen molar-refractivity contribution < 1.29 is 9.18 Å². The van der Waals surface area contributed by atoms with Gasteiger partial charge >= 0.3 is 0 Å². The predicted octanol–water partition coefficient (Wildman–Crippen LogP) is 3.83. The molecule has 0 amide bonds. The van der Waals surface area contributed by atoms with E-state index in [0.29, 0.717) is 10.6 Å². The lowest BCUT2D eigenvalue weighted by Crippen LogP contribution is -2.29. The van der Waals surface area contributed by atoms with Gasteiger partial charge in [0, 0.05) is 17.0 Å². The van der Waals surface area contributed by atoms with Crippen molar-refractivity contribution in [2.45, 2.75) is 19.0 Å². The van der Waals surface area contributed by atoms with Crippen molar-refractivity contribution >= 4 is 17.4 Å². The molecule has 0 aliphatic rings. The van der Waals surface area contributed by atoms with Crippen molar-refractivity contribution in [3.05, 3.63) is 47.5 Å². The largest absolute Gasteiger partial charge is 0.291 e. The molecule has 0 radical (unpaired) electrons. The van der Waals surface area contributed by atoms with Crippen LogP contribution in [0.25, 0.3) is 0 Å². The summed E-state index contributed by atoms with van der Waals surface area (Å²) in [6.45, 7) is 4.68. The van der Waals surface area contributed by atoms with Crippen molar-refractivity contribution in [1.29, 1.82) is 0 Å². The van der Waals surface area contributed by atoms with Gasteiger partial charge in [-0.2, -0.15) is 0 Å². The number of alkyl halides is 1. The van der Waals surface area contributed by atoms with E-state index in [0.717, 1.165) is 0 Å². The third-order valence-electron chi connectivity index (χ3n) is 2.11. The van der Waals surface area contributed by atoms with E-state index in [1.54, 1.807) is 12.1 Å². The summed E-state index contributed by atoms with van der Waals surface area (Å²) in [5.41, 5.74) is -1.57. The first-order chi connectivity index (χ1) is 6.97. The molecule has 0 aromatic heterocycles. The third kappa shape index (κ3) is 2.90. The molecule has 0 bridgehead atoms. The zero-order valence-corrected chi connectivity index (χ0v) is 9.22. The Hall–Kier alpha value is -1.15. The molecule has 80 valence electrons. The number of hydrogen-bond acceptors (Lipinski definition) is 1. The van der Waals surface area contributed by atoms with E-state index in [2.05, 4.69) is 6.58 Å². The van der Waals surface area contributed by atoms with E-state index in [-0.39, 0.29) is 6.42 Å². The Morgan fingerprint density at radius 1 is 1.53 bits per heavy atom. The molecule has 0 saturated heterocycles. The highest BCUT2D eigenvalue weighted by Gasteiger charge is 2.32. The maximum Gasteiger partial charge on any atom is 0.200 e. The van der Waals surface area contributed by atoms with Crippen LogP contribution >= 0.6 is 11.6 Å². The fourth-order valence-corrected chi connectivity index (χ4v) is 1.39. The Morgan fingerprint density at radius 2 is 2.07 bits per heavy atom. The van der Waals surface area contributed by atoms with Crippen LogP contribution in [0.1, 0.15) is 23.7 Å². The van der Waals surface area contributed by atoms with Gasteiger partial charge < -0.3 is 0 Å². The molecular weight excluding hydrogens is 215 g/mol. The van der Waals surface area contributed by atoms with Gasteiger partial charge in [-0.15, -0.1) is 6.58 Å². The zero-order valence-electron chi connectivity index (χ0n) is 8.47. The van der Waals surface area contributed by atoms with E-state index in [1.165, 1.54) is 25.1 Å². The van der Waals surface area contributed by atoms with Gasteiger partial charge in [-0.1, -0.05) is 17.7 Å². The maximum atomic E-state index is 13.8. The molecule has 1 atom stereocenters. The second kappa shape index (κ2) is 4.58. The summed E-state index contributed by atoms with van der Waals surface area (Å²) in [4.78, 5) is 11.7. The lowest BCUT2D eigenvalue weighted by molar-refractivity contribution is 0.0730. The van der Waals surface area contributed by atoms with Crippen LogP contribution in [0.5, 0.6) is 0 Å². The van der Waals surface area contributed by atoms with Crippen LogP contribution in [0, 0.1) is 0 Å². The van der Waals surface area contributed by atoms with Crippen LogP contribution < -0.4 is 0 Å². The van der Waals surface area contributed by atoms with Gasteiger partial charge in [-0.3, -0.25) is 4.79 Å². The topological polar surface area (TPSA) is 17.1 Å². The molecule has 0 heterocycles. The first-order valence-corrected chi connectivity index (χ1v) is 4.95. The molecule has 0 aliphatic heterocycles. The van der Waals surface area contributed by atoms with E-state index >= 15 is 0 Å². The van der Waals surface area contributed by atoms with Gasteiger partial charge in [-0.05, 0) is 31.2 Å². The summed E-state index contributed by atoms with van der Waals surface area (Å²) < 4.78 is 13.8. The predicted molar refractivity (Wildman–Crippen MR) is 60.1 cm³/mol. The molecule has 0 spiro atoms. The number of halogens is 2. The van der Waals surface area contributed by atoms with Crippen LogP contribution in [-0.2, 0) is 0 Å². The minimum Gasteiger partial charge on any atom is -0.291 e. The minimum absolute atomic E-state index is 0.00839. The minimum atomic E-state index is -1.89. The Morgan fingerprint density at radius 3 is 2.53 bits per heavy atom. The highest BCUT2D eigenvalue weighted by atomic mass is 35.5. The number of carbonyl (C=O) groups excluding carboxylic acids is 1. The number of ketones is 1. The average molecular weight is 227 g/mol. The first kappa shape index (κ1) is 11.9. The van der Waals surface area contributed by atoms with Gasteiger partial charge in [0.15, 0.2) is 11.5 Å². The summed E-state index contributed by atoms with van der Waals surface area (Å²) >= 11 is 5.67. The van der Waals surface area contributed by atoms with E-state index in [9.17, 15) is 9.18 Å². The quantitative estimate of drug-likeness (QED) is 0.563. The van der Waals surface area contributed by atoms with Gasteiger partial charge in [-0.25, -0.2) is 4.39 Å². The monoisotopic (exact) mass is 226 g/mol. The molecule has 1 aromatic carbocycles. The van der Waals surface area contributed by atoms with Crippen molar-refractivity contribution in [2.24, 2.45) is 0 Å². The molecule has 1 nitrogen and oxygen atoms in total. The van der Waals surface area contributed by atoms with Crippen LogP contribution in [0.3, 0.4) is 0 Å². The fraction of sp³-hybridized carbons (Fsp3) is 0.250. The molecule has 15 heavy (non-hydrogen) atoms. The van der Waals surface area contributed by atoms with Gasteiger partial charge in [0.25, 0.3) is 0 Å². The van der Waals surface area contributed by atoms with Crippen molar-refractivity contribution in [3.8, 4) is 0 Å². The van der Waals surface area contributed by atoms with Crippen LogP contribution in [0.15, 0.2) is 36.9 Å². The molecule has 0 saturated carbocycles. The van der Waals surface area contributed by atoms with Gasteiger partial charge in [0.1, 0.15) is 0 Å². The molecule has 1 rings (SSSR count). The lowest BCUT2D eigenvalue weighted by atomic mass is 9.93. The van der Waals surface area contributed by atoms with Gasteiger partial charge in [0.2, 0.25) is 0 Å². The molecular formula is C12H12ClFO. The number of Topliss-reactive ketones (excluding diaryl/α,β-unsaturated/α-hetero) is 1. The van der Waals surface area contributed by atoms with Crippen molar-refractivity contribution in [2.75, 3.05) is 0 Å². The summed E-state index contributed by atoms with van der Waals surface area (Å²) in [6.07, 6.45) is 1.41. The molecule has 0 fully saturated rings. The summed E-state index contributed by atoms with van der Waals surface area (Å²) in [5.74, 6) is -0.543. The van der Waals surface area contributed by atoms with Crippen molar-refractivity contribution in [3.63, 3.8) is 0 Å². The molecule has 3 heteroatoms. The van der Waals surface area contributed by atoms with Crippen LogP contribution in [-0.4, -0.2) is 11.5 Å². The number of carbonyl (C=O) groups is 1. The Labute approximate surface area is 93.6 Å². The number of hydrogen-bond donors (Lipinski definition) is 0.